The van der Waals surface area contributed by atoms with Gasteiger partial charge in [0.15, 0.2) is 0 Å². The minimum Gasteiger partial charge on any atom is -0.493 e. The predicted octanol–water partition coefficient (Wildman–Crippen LogP) is 18.6. The average molecular weight is 833 g/mol. The molecular weight excluding hydrogens is 737 g/mol. The predicted molar refractivity (Wildman–Crippen MR) is 264 cm³/mol. The SMILES string of the molecule is CCCCCCCCCCOc1cc(C=Cc2cc(OCCCCCCCCCC)c(C)cc2OCCCCCCCCCC)c(OCCCCCCCCCC)cc1C. The highest BCUT2D eigenvalue weighted by atomic mass is 16.5. The maximum absolute atomic E-state index is 6.56. The molecule has 0 amide bonds. The van der Waals surface area contributed by atoms with Gasteiger partial charge in [-0.2, -0.15) is 0 Å². The monoisotopic (exact) mass is 833 g/mol. The van der Waals surface area contributed by atoms with Gasteiger partial charge in [-0.1, -0.05) is 220 Å². The summed E-state index contributed by atoms with van der Waals surface area (Å²) in [6.45, 7) is 16.5. The topological polar surface area (TPSA) is 36.9 Å². The van der Waals surface area contributed by atoms with Crippen molar-refractivity contribution in [3.8, 4) is 23.0 Å². The van der Waals surface area contributed by atoms with Gasteiger partial charge < -0.3 is 18.9 Å². The Morgan fingerprint density at radius 2 is 0.500 bits per heavy atom. The summed E-state index contributed by atoms with van der Waals surface area (Å²) in [5.41, 5.74) is 4.39. The lowest BCUT2D eigenvalue weighted by molar-refractivity contribution is 0.294. The Bertz CT molecular complexity index is 1220. The van der Waals surface area contributed by atoms with Crippen LogP contribution in [-0.4, -0.2) is 26.4 Å². The summed E-state index contributed by atoms with van der Waals surface area (Å²) < 4.78 is 26.0. The van der Waals surface area contributed by atoms with Gasteiger partial charge in [0.2, 0.25) is 0 Å². The second-order valence-corrected chi connectivity index (χ2v) is 17.9. The van der Waals surface area contributed by atoms with Crippen LogP contribution in [0.15, 0.2) is 24.3 Å². The molecule has 0 N–H and O–H groups in total. The van der Waals surface area contributed by atoms with E-state index in [2.05, 4.69) is 78.0 Å². The first kappa shape index (κ1) is 53.5. The zero-order chi connectivity index (χ0) is 43.1. The molecule has 0 aromatic heterocycles. The summed E-state index contributed by atoms with van der Waals surface area (Å²) in [4.78, 5) is 0. The molecular formula is C56H96O4. The fourth-order valence-corrected chi connectivity index (χ4v) is 8.03. The highest BCUT2D eigenvalue weighted by Gasteiger charge is 2.12. The molecule has 2 rings (SSSR count). The van der Waals surface area contributed by atoms with Gasteiger partial charge in [-0.05, 0) is 74.9 Å². The molecule has 0 unspecified atom stereocenters. The van der Waals surface area contributed by atoms with E-state index in [1.807, 2.05) is 0 Å². The van der Waals surface area contributed by atoms with Gasteiger partial charge >= 0.3 is 0 Å². The lowest BCUT2D eigenvalue weighted by Gasteiger charge is -2.16. The van der Waals surface area contributed by atoms with E-state index < -0.39 is 0 Å². The van der Waals surface area contributed by atoms with Crippen LogP contribution in [0.3, 0.4) is 0 Å². The van der Waals surface area contributed by atoms with Crippen LogP contribution in [0.25, 0.3) is 12.2 Å². The van der Waals surface area contributed by atoms with Crippen molar-refractivity contribution in [2.45, 2.75) is 247 Å². The fraction of sp³-hybridized carbons (Fsp3) is 0.750. The number of rotatable bonds is 42. The van der Waals surface area contributed by atoms with Crippen molar-refractivity contribution >= 4 is 12.2 Å². The van der Waals surface area contributed by atoms with Crippen LogP contribution in [0.2, 0.25) is 0 Å². The normalized spacial score (nSPS) is 11.5. The minimum atomic E-state index is 0.738. The molecule has 2 aromatic carbocycles. The molecule has 0 aliphatic carbocycles. The first-order valence-electron chi connectivity index (χ1n) is 26.0. The van der Waals surface area contributed by atoms with Crippen LogP contribution in [0.5, 0.6) is 23.0 Å². The average Bonchev–Trinajstić information content (AvgIpc) is 3.25. The third kappa shape index (κ3) is 26.7. The lowest BCUT2D eigenvalue weighted by atomic mass is 10.0. The first-order chi connectivity index (χ1) is 29.5. The maximum Gasteiger partial charge on any atom is 0.127 e. The van der Waals surface area contributed by atoms with Gasteiger partial charge in [0.1, 0.15) is 23.0 Å². The summed E-state index contributed by atoms with van der Waals surface area (Å²) in [5, 5.41) is 0. The van der Waals surface area contributed by atoms with Crippen molar-refractivity contribution in [3.63, 3.8) is 0 Å². The van der Waals surface area contributed by atoms with E-state index in [0.29, 0.717) is 0 Å². The second-order valence-electron chi connectivity index (χ2n) is 17.9. The summed E-state index contributed by atoms with van der Waals surface area (Å²) >= 11 is 0. The number of hydrogen-bond acceptors (Lipinski definition) is 4. The van der Waals surface area contributed by atoms with Crippen molar-refractivity contribution in [1.29, 1.82) is 0 Å². The summed E-state index contributed by atoms with van der Waals surface area (Å²) in [7, 11) is 0. The van der Waals surface area contributed by atoms with Crippen molar-refractivity contribution in [3.05, 3.63) is 46.5 Å². The van der Waals surface area contributed by atoms with Crippen LogP contribution < -0.4 is 18.9 Å². The van der Waals surface area contributed by atoms with E-state index in [-0.39, 0.29) is 0 Å². The molecule has 0 fully saturated rings. The highest BCUT2D eigenvalue weighted by molar-refractivity contribution is 5.77. The minimum absolute atomic E-state index is 0.738. The Kier molecular flexibility index (Phi) is 34.0. The van der Waals surface area contributed by atoms with Crippen molar-refractivity contribution in [2.24, 2.45) is 0 Å². The van der Waals surface area contributed by atoms with Crippen LogP contribution in [-0.2, 0) is 0 Å². The maximum atomic E-state index is 6.56. The second kappa shape index (κ2) is 38.1. The van der Waals surface area contributed by atoms with E-state index in [9.17, 15) is 0 Å². The number of aryl methyl sites for hydroxylation is 2. The van der Waals surface area contributed by atoms with E-state index in [4.69, 9.17) is 18.9 Å². The van der Waals surface area contributed by atoms with Gasteiger partial charge in [0.25, 0.3) is 0 Å². The molecule has 60 heavy (non-hydrogen) atoms. The molecule has 0 aliphatic rings. The highest BCUT2D eigenvalue weighted by Crippen LogP contribution is 2.34. The van der Waals surface area contributed by atoms with Crippen LogP contribution in [0.4, 0.5) is 0 Å². The quantitative estimate of drug-likeness (QED) is 0.0493. The van der Waals surface area contributed by atoms with Gasteiger partial charge in [-0.3, -0.25) is 0 Å². The molecule has 0 aliphatic heterocycles. The molecule has 0 radical (unpaired) electrons. The Morgan fingerprint density at radius 1 is 0.283 bits per heavy atom. The van der Waals surface area contributed by atoms with E-state index in [0.717, 1.165) is 97.4 Å². The Labute approximate surface area is 372 Å². The Morgan fingerprint density at radius 3 is 0.750 bits per heavy atom. The van der Waals surface area contributed by atoms with E-state index in [1.165, 1.54) is 180 Å². The Balaban J connectivity index is 2.20. The number of unbranched alkanes of at least 4 members (excludes halogenated alkanes) is 28. The molecule has 0 heterocycles. The van der Waals surface area contributed by atoms with Gasteiger partial charge in [0, 0.05) is 11.1 Å². The summed E-state index contributed by atoms with van der Waals surface area (Å²) in [6.07, 6.45) is 45.9. The third-order valence-electron chi connectivity index (χ3n) is 12.1. The number of benzene rings is 2. The van der Waals surface area contributed by atoms with E-state index >= 15 is 0 Å². The Hall–Kier alpha value is -2.62. The molecule has 0 bridgehead atoms. The molecule has 0 spiro atoms. The molecule has 344 valence electrons. The lowest BCUT2D eigenvalue weighted by Crippen LogP contribution is -2.03. The zero-order valence-electron chi connectivity index (χ0n) is 40.6. The fourth-order valence-electron chi connectivity index (χ4n) is 8.03. The van der Waals surface area contributed by atoms with Crippen LogP contribution in [0, 0.1) is 13.8 Å². The van der Waals surface area contributed by atoms with Gasteiger partial charge in [-0.25, -0.2) is 0 Å². The smallest absolute Gasteiger partial charge is 0.127 e. The zero-order valence-corrected chi connectivity index (χ0v) is 40.6. The van der Waals surface area contributed by atoms with Crippen molar-refractivity contribution < 1.29 is 18.9 Å². The molecule has 0 saturated heterocycles. The first-order valence-corrected chi connectivity index (χ1v) is 26.0. The summed E-state index contributed by atoms with van der Waals surface area (Å²) in [5.74, 6) is 3.79. The van der Waals surface area contributed by atoms with Gasteiger partial charge in [0.05, 0.1) is 26.4 Å². The van der Waals surface area contributed by atoms with Crippen molar-refractivity contribution in [2.75, 3.05) is 26.4 Å². The van der Waals surface area contributed by atoms with E-state index in [1.54, 1.807) is 0 Å². The van der Waals surface area contributed by atoms with Crippen LogP contribution >= 0.6 is 0 Å². The molecule has 4 nitrogen and oxygen atoms in total. The standard InChI is InChI=1S/C56H96O4/c1-7-11-15-19-23-27-31-35-41-57-53-47-51(55(45-49(53)5)59-43-37-33-29-25-21-17-13-9-3)39-40-52-48-54(58-42-36-32-28-24-20-16-12-8-2)50(6)46-56(52)60-44-38-34-30-26-22-18-14-10-4/h39-40,45-48H,7-38,41-44H2,1-6H3. The largest absolute Gasteiger partial charge is 0.493 e. The third-order valence-corrected chi connectivity index (χ3v) is 12.1. The molecule has 2 aromatic rings. The summed E-state index contributed by atoms with van der Waals surface area (Å²) in [6, 6.07) is 8.80. The van der Waals surface area contributed by atoms with Crippen molar-refractivity contribution in [1.82, 2.24) is 0 Å². The molecule has 0 atom stereocenters. The molecule has 4 heteroatoms. The number of ether oxygens (including phenoxy) is 4. The molecule has 0 saturated carbocycles. The van der Waals surface area contributed by atoms with Crippen LogP contribution in [0.1, 0.15) is 255 Å². The van der Waals surface area contributed by atoms with Gasteiger partial charge in [-0.15, -0.1) is 0 Å². The number of hydrogen-bond donors (Lipinski definition) is 0.